The Balaban J connectivity index is 3.29. The highest BCUT2D eigenvalue weighted by atomic mass is 19.4. The molecule has 1 saturated heterocycles. The first-order chi connectivity index (χ1) is 12.8. The van der Waals surface area contributed by atoms with Crippen molar-refractivity contribution in [3.05, 3.63) is 0 Å². The fraction of sp³-hybridized carbons (Fsp3) is 0.933. The highest BCUT2D eigenvalue weighted by Gasteiger charge is 2.90. The number of carbonyl (C=O) groups is 1. The van der Waals surface area contributed by atoms with E-state index in [0.29, 0.717) is 0 Å². The van der Waals surface area contributed by atoms with E-state index in [9.17, 15) is 61.9 Å². The molecule has 1 aliphatic heterocycles. The molecule has 178 valence electrons. The standard InChI is InChI=1S/C15H15F13O2/c1-9(2,3)7-4-6(8(29)30-7)5-10(16,17)11(18,19)12(20,21)13(22,23)14(24,25)15(26,27)28/h6-7H,4-5H2,1-3H3/t6-,7+/m0/s1. The Morgan fingerprint density at radius 1 is 0.733 bits per heavy atom. The summed E-state index contributed by atoms with van der Waals surface area (Å²) in [6, 6.07) is 0. The summed E-state index contributed by atoms with van der Waals surface area (Å²) in [7, 11) is 0. The van der Waals surface area contributed by atoms with Crippen LogP contribution in [0.5, 0.6) is 0 Å². The fourth-order valence-corrected chi connectivity index (χ4v) is 2.58. The van der Waals surface area contributed by atoms with Gasteiger partial charge in [0.2, 0.25) is 0 Å². The highest BCUT2D eigenvalue weighted by Crippen LogP contribution is 2.61. The third-order valence-corrected chi connectivity index (χ3v) is 4.56. The maximum absolute atomic E-state index is 13.9. The zero-order valence-electron chi connectivity index (χ0n) is 15.3. The molecule has 0 aromatic carbocycles. The van der Waals surface area contributed by atoms with Crippen LogP contribution in [-0.4, -0.2) is 47.9 Å². The Labute approximate surface area is 160 Å². The number of ether oxygens (including phenoxy) is 1. The summed E-state index contributed by atoms with van der Waals surface area (Å²) in [5.74, 6) is -41.0. The summed E-state index contributed by atoms with van der Waals surface area (Å²) in [4.78, 5) is 11.6. The summed E-state index contributed by atoms with van der Waals surface area (Å²) >= 11 is 0. The monoisotopic (exact) mass is 474 g/mol. The Kier molecular flexibility index (Phi) is 6.24. The van der Waals surface area contributed by atoms with Gasteiger partial charge in [-0.2, -0.15) is 57.1 Å². The summed E-state index contributed by atoms with van der Waals surface area (Å²) in [6.45, 7) is 4.27. The number of esters is 1. The van der Waals surface area contributed by atoms with Crippen LogP contribution in [0.25, 0.3) is 0 Å². The zero-order chi connectivity index (χ0) is 24.4. The molecular formula is C15H15F13O2. The SMILES string of the molecule is CC(C)(C)[C@H]1C[C@@H](CC(F)(F)C(F)(F)C(F)(F)C(F)(F)C(F)(F)C(F)(F)F)C(=O)O1. The lowest BCUT2D eigenvalue weighted by Crippen LogP contribution is -2.70. The molecule has 15 heteroatoms. The van der Waals surface area contributed by atoms with E-state index in [2.05, 4.69) is 4.74 Å². The predicted octanol–water partition coefficient (Wildman–Crippen LogP) is 6.09. The average molecular weight is 474 g/mol. The smallest absolute Gasteiger partial charge is 0.460 e. The van der Waals surface area contributed by atoms with Gasteiger partial charge in [-0.25, -0.2) is 0 Å². The largest absolute Gasteiger partial charge is 0.462 e. The van der Waals surface area contributed by atoms with Gasteiger partial charge in [-0.3, -0.25) is 4.79 Å². The number of hydrogen-bond donors (Lipinski definition) is 0. The molecule has 0 aromatic heterocycles. The van der Waals surface area contributed by atoms with Crippen LogP contribution in [0, 0.1) is 11.3 Å². The fourth-order valence-electron chi connectivity index (χ4n) is 2.58. The lowest BCUT2D eigenvalue weighted by molar-refractivity contribution is -0.440. The van der Waals surface area contributed by atoms with E-state index in [-0.39, 0.29) is 0 Å². The van der Waals surface area contributed by atoms with Gasteiger partial charge in [-0.15, -0.1) is 0 Å². The normalized spacial score (nSPS) is 23.0. The number of alkyl halides is 13. The van der Waals surface area contributed by atoms with Gasteiger partial charge in [0.15, 0.2) is 0 Å². The zero-order valence-corrected chi connectivity index (χ0v) is 15.3. The molecular weight excluding hydrogens is 459 g/mol. The Hall–Kier alpha value is -1.44. The Morgan fingerprint density at radius 3 is 1.47 bits per heavy atom. The van der Waals surface area contributed by atoms with Crippen LogP contribution in [0.1, 0.15) is 33.6 Å². The van der Waals surface area contributed by atoms with Crippen LogP contribution in [0.4, 0.5) is 57.1 Å². The van der Waals surface area contributed by atoms with Crippen molar-refractivity contribution in [1.82, 2.24) is 0 Å². The molecule has 2 nitrogen and oxygen atoms in total. The molecule has 1 fully saturated rings. The van der Waals surface area contributed by atoms with Crippen molar-refractivity contribution in [3.63, 3.8) is 0 Å². The average Bonchev–Trinajstić information content (AvgIpc) is 2.85. The number of cyclic esters (lactones) is 1. The van der Waals surface area contributed by atoms with Gasteiger partial charge in [0.1, 0.15) is 6.10 Å². The topological polar surface area (TPSA) is 26.3 Å². The van der Waals surface area contributed by atoms with Crippen LogP contribution in [0.2, 0.25) is 0 Å². The minimum absolute atomic E-state index is 0.728. The van der Waals surface area contributed by atoms with Gasteiger partial charge < -0.3 is 4.74 Å². The molecule has 1 rings (SSSR count). The maximum Gasteiger partial charge on any atom is 0.460 e. The van der Waals surface area contributed by atoms with Gasteiger partial charge in [0, 0.05) is 6.42 Å². The number of carbonyl (C=O) groups excluding carboxylic acids is 1. The molecule has 30 heavy (non-hydrogen) atoms. The van der Waals surface area contributed by atoms with Gasteiger partial charge in [0.05, 0.1) is 5.92 Å². The van der Waals surface area contributed by atoms with Crippen molar-refractivity contribution in [2.45, 2.75) is 75.5 Å². The molecule has 0 bridgehead atoms. The second-order valence-electron chi connectivity index (χ2n) is 7.93. The molecule has 0 aromatic rings. The first kappa shape index (κ1) is 26.6. The summed E-state index contributed by atoms with van der Waals surface area (Å²) < 4.78 is 175. The minimum atomic E-state index is -7.95. The highest BCUT2D eigenvalue weighted by molar-refractivity contribution is 5.74. The second-order valence-corrected chi connectivity index (χ2v) is 7.93. The van der Waals surface area contributed by atoms with Gasteiger partial charge in [0.25, 0.3) is 0 Å². The first-order valence-corrected chi connectivity index (χ1v) is 8.01. The van der Waals surface area contributed by atoms with Gasteiger partial charge in [-0.05, 0) is 11.8 Å². The quantitative estimate of drug-likeness (QED) is 0.344. The molecule has 0 radical (unpaired) electrons. The van der Waals surface area contributed by atoms with Crippen LogP contribution >= 0.6 is 0 Å². The number of hydrogen-bond acceptors (Lipinski definition) is 2. The summed E-state index contributed by atoms with van der Waals surface area (Å²) in [5, 5.41) is 0. The van der Waals surface area contributed by atoms with Crippen LogP contribution < -0.4 is 0 Å². The lowest BCUT2D eigenvalue weighted by Gasteiger charge is -2.40. The van der Waals surface area contributed by atoms with E-state index in [1.54, 1.807) is 0 Å². The van der Waals surface area contributed by atoms with E-state index in [1.165, 1.54) is 20.8 Å². The van der Waals surface area contributed by atoms with Crippen molar-refractivity contribution in [2.75, 3.05) is 0 Å². The van der Waals surface area contributed by atoms with Crippen LogP contribution in [0.15, 0.2) is 0 Å². The third-order valence-electron chi connectivity index (χ3n) is 4.56. The Morgan fingerprint density at radius 2 is 1.13 bits per heavy atom. The van der Waals surface area contributed by atoms with E-state index in [1.807, 2.05) is 0 Å². The molecule has 1 aliphatic rings. The van der Waals surface area contributed by atoms with E-state index in [4.69, 9.17) is 0 Å². The number of halogens is 13. The van der Waals surface area contributed by atoms with Crippen molar-refractivity contribution < 1.29 is 66.6 Å². The van der Waals surface area contributed by atoms with E-state index >= 15 is 0 Å². The second kappa shape index (κ2) is 7.04. The van der Waals surface area contributed by atoms with E-state index in [0.717, 1.165) is 0 Å². The van der Waals surface area contributed by atoms with Crippen LogP contribution in [-0.2, 0) is 9.53 Å². The molecule has 0 spiro atoms. The molecule has 1 heterocycles. The Bertz CT molecular complexity index is 660. The van der Waals surface area contributed by atoms with Crippen molar-refractivity contribution in [3.8, 4) is 0 Å². The minimum Gasteiger partial charge on any atom is -0.462 e. The molecule has 2 atom stereocenters. The molecule has 0 saturated carbocycles. The molecule has 0 unspecified atom stereocenters. The van der Waals surface area contributed by atoms with Crippen molar-refractivity contribution >= 4 is 5.97 Å². The maximum atomic E-state index is 13.9. The lowest BCUT2D eigenvalue weighted by atomic mass is 9.82. The number of rotatable bonds is 6. The molecule has 0 N–H and O–H groups in total. The van der Waals surface area contributed by atoms with Gasteiger partial charge in [-0.1, -0.05) is 20.8 Å². The summed E-state index contributed by atoms with van der Waals surface area (Å²) in [5.41, 5.74) is -0.923. The third kappa shape index (κ3) is 3.92. The van der Waals surface area contributed by atoms with Crippen molar-refractivity contribution in [2.24, 2.45) is 11.3 Å². The predicted molar refractivity (Wildman–Crippen MR) is 72.8 cm³/mol. The first-order valence-electron chi connectivity index (χ1n) is 8.01. The molecule has 0 aliphatic carbocycles. The van der Waals surface area contributed by atoms with Crippen LogP contribution in [0.3, 0.4) is 0 Å². The summed E-state index contributed by atoms with van der Waals surface area (Å²) in [6.07, 6.45) is -11.9. The molecule has 0 amide bonds. The van der Waals surface area contributed by atoms with E-state index < -0.39 is 72.0 Å². The van der Waals surface area contributed by atoms with Gasteiger partial charge >= 0.3 is 41.8 Å². The van der Waals surface area contributed by atoms with Crippen molar-refractivity contribution in [1.29, 1.82) is 0 Å².